The van der Waals surface area contributed by atoms with Crippen LogP contribution in [0.5, 0.6) is 0 Å². The summed E-state index contributed by atoms with van der Waals surface area (Å²) in [4.78, 5) is 12.1. The predicted molar refractivity (Wildman–Crippen MR) is 83.4 cm³/mol. The molecule has 0 amide bonds. The summed E-state index contributed by atoms with van der Waals surface area (Å²) >= 11 is 10.3. The van der Waals surface area contributed by atoms with Gasteiger partial charge in [0, 0.05) is 10.8 Å². The number of thioether (sulfide) groups is 1. The molecular weight excluding hydrogens is 384 g/mol. The molecule has 0 spiro atoms. The second-order valence-corrected chi connectivity index (χ2v) is 9.27. The van der Waals surface area contributed by atoms with Crippen molar-refractivity contribution in [3.63, 3.8) is 0 Å². The van der Waals surface area contributed by atoms with Crippen LogP contribution in [0.4, 0.5) is 0 Å². The number of hydrogen-bond donors (Lipinski definition) is 0. The van der Waals surface area contributed by atoms with E-state index in [9.17, 15) is 4.79 Å². The zero-order valence-corrected chi connectivity index (χ0v) is 14.2. The van der Waals surface area contributed by atoms with Gasteiger partial charge in [-0.25, -0.2) is 0 Å². The fraction of sp³-hybridized carbons (Fsp3) is 0.583. The Morgan fingerprint density at radius 3 is 2.65 bits per heavy atom. The summed E-state index contributed by atoms with van der Waals surface area (Å²) in [5.41, 5.74) is 0.824. The summed E-state index contributed by atoms with van der Waals surface area (Å²) in [5.74, 6) is 0.862. The molecule has 0 bridgehead atoms. The second-order valence-electron chi connectivity index (χ2n) is 4.23. The molecule has 1 aliphatic rings. The van der Waals surface area contributed by atoms with E-state index in [1.807, 2.05) is 17.8 Å². The van der Waals surface area contributed by atoms with Crippen LogP contribution in [-0.2, 0) is 0 Å². The smallest absolute Gasteiger partial charge is 0.174 e. The van der Waals surface area contributed by atoms with Gasteiger partial charge in [0.05, 0.1) is 13.3 Å². The molecule has 1 heterocycles. The van der Waals surface area contributed by atoms with E-state index in [4.69, 9.17) is 0 Å². The number of ketones is 1. The third kappa shape index (κ3) is 4.08. The lowest BCUT2D eigenvalue weighted by atomic mass is 10.0. The Kier molecular flexibility index (Phi) is 5.58. The Balaban J connectivity index is 1.86. The molecule has 0 unspecified atom stereocenters. The minimum atomic E-state index is 0.245. The fourth-order valence-electron chi connectivity index (χ4n) is 2.03. The van der Waals surface area contributed by atoms with Crippen molar-refractivity contribution in [3.8, 4) is 0 Å². The normalized spacial score (nSPS) is 17.3. The molecule has 5 heteroatoms. The van der Waals surface area contributed by atoms with Crippen LogP contribution < -0.4 is 0 Å². The van der Waals surface area contributed by atoms with Gasteiger partial charge >= 0.3 is 0 Å². The Morgan fingerprint density at radius 1 is 1.35 bits per heavy atom. The number of carbonyl (C=O) groups excluding carboxylic acids is 1. The van der Waals surface area contributed by atoms with E-state index < -0.39 is 0 Å². The van der Waals surface area contributed by atoms with E-state index in [2.05, 4.69) is 31.9 Å². The van der Waals surface area contributed by atoms with Crippen LogP contribution in [-0.4, -0.2) is 16.8 Å². The molecular formula is C12H14Br2OS2. The van der Waals surface area contributed by atoms with Crippen LogP contribution >= 0.6 is 55.0 Å². The Labute approximate surface area is 127 Å². The topological polar surface area (TPSA) is 17.1 Å². The monoisotopic (exact) mass is 396 g/mol. The molecule has 0 aromatic carbocycles. The van der Waals surface area contributed by atoms with Gasteiger partial charge in [-0.1, -0.05) is 19.3 Å². The first-order valence-electron chi connectivity index (χ1n) is 5.76. The number of Topliss-reactive ketones (excluding diaryl/α,β-unsaturated/α-hetero) is 1. The molecule has 0 atom stereocenters. The predicted octanol–water partition coefficient (Wildman–Crippen LogP) is 5.52. The average molecular weight is 398 g/mol. The molecule has 17 heavy (non-hydrogen) atoms. The highest BCUT2D eigenvalue weighted by molar-refractivity contribution is 9.12. The number of thiophene rings is 1. The highest BCUT2D eigenvalue weighted by Gasteiger charge is 2.18. The largest absolute Gasteiger partial charge is 0.293 e. The van der Waals surface area contributed by atoms with Crippen LogP contribution in [0.25, 0.3) is 0 Å². The van der Waals surface area contributed by atoms with Crippen molar-refractivity contribution in [2.24, 2.45) is 0 Å². The zero-order chi connectivity index (χ0) is 12.3. The van der Waals surface area contributed by atoms with Gasteiger partial charge < -0.3 is 0 Å². The molecule has 1 aromatic rings. The van der Waals surface area contributed by atoms with Crippen molar-refractivity contribution in [2.45, 2.75) is 37.4 Å². The van der Waals surface area contributed by atoms with Crippen LogP contribution in [0.1, 0.15) is 42.5 Å². The summed E-state index contributed by atoms with van der Waals surface area (Å²) in [7, 11) is 0. The van der Waals surface area contributed by atoms with Gasteiger partial charge in [0.15, 0.2) is 5.78 Å². The quantitative estimate of drug-likeness (QED) is 0.622. The minimum Gasteiger partial charge on any atom is -0.293 e. The van der Waals surface area contributed by atoms with Crippen LogP contribution in [0.2, 0.25) is 0 Å². The summed E-state index contributed by atoms with van der Waals surface area (Å²) in [6, 6.07) is 1.92. The molecule has 1 aromatic heterocycles. The fourth-order valence-corrected chi connectivity index (χ4v) is 6.10. The maximum absolute atomic E-state index is 12.1. The maximum atomic E-state index is 12.1. The molecule has 0 radical (unpaired) electrons. The van der Waals surface area contributed by atoms with Crippen molar-refractivity contribution in [3.05, 3.63) is 19.2 Å². The van der Waals surface area contributed by atoms with Crippen molar-refractivity contribution in [1.29, 1.82) is 0 Å². The van der Waals surface area contributed by atoms with Crippen molar-refractivity contribution >= 4 is 60.7 Å². The van der Waals surface area contributed by atoms with Crippen LogP contribution in [0.3, 0.4) is 0 Å². The molecule has 2 rings (SSSR count). The third-order valence-corrected chi connectivity index (χ3v) is 6.67. The molecule has 0 saturated heterocycles. The number of hydrogen-bond acceptors (Lipinski definition) is 3. The number of rotatable bonds is 4. The van der Waals surface area contributed by atoms with Crippen molar-refractivity contribution in [2.75, 3.05) is 5.75 Å². The standard InChI is InChI=1S/C12H14Br2OS2/c13-11-6-9(12(14)17-11)10(15)7-16-8-4-2-1-3-5-8/h6,8H,1-5,7H2. The first-order valence-corrected chi connectivity index (χ1v) is 9.21. The van der Waals surface area contributed by atoms with Gasteiger partial charge in [-0.3, -0.25) is 4.79 Å². The summed E-state index contributed by atoms with van der Waals surface area (Å²) in [6.45, 7) is 0. The van der Waals surface area contributed by atoms with Crippen molar-refractivity contribution < 1.29 is 4.79 Å². The third-order valence-electron chi connectivity index (χ3n) is 2.96. The molecule has 0 aliphatic heterocycles. The Hall–Kier alpha value is 0.680. The van der Waals surface area contributed by atoms with Gasteiger partial charge in [0.2, 0.25) is 0 Å². The molecule has 0 N–H and O–H groups in total. The number of halogens is 2. The van der Waals surface area contributed by atoms with Crippen LogP contribution in [0.15, 0.2) is 13.6 Å². The van der Waals surface area contributed by atoms with Crippen LogP contribution in [0, 0.1) is 0 Å². The lowest BCUT2D eigenvalue weighted by Gasteiger charge is -2.20. The molecule has 94 valence electrons. The van der Waals surface area contributed by atoms with Gasteiger partial charge in [-0.2, -0.15) is 11.8 Å². The van der Waals surface area contributed by atoms with E-state index in [0.29, 0.717) is 11.0 Å². The minimum absolute atomic E-state index is 0.245. The Bertz CT molecular complexity index is 397. The van der Waals surface area contributed by atoms with Gasteiger partial charge in [-0.05, 0) is 50.8 Å². The highest BCUT2D eigenvalue weighted by atomic mass is 79.9. The second kappa shape index (κ2) is 6.73. The van der Waals surface area contributed by atoms with Gasteiger partial charge in [0.1, 0.15) is 0 Å². The molecule has 1 fully saturated rings. The van der Waals surface area contributed by atoms with E-state index in [1.54, 1.807) is 11.3 Å². The maximum Gasteiger partial charge on any atom is 0.174 e. The molecule has 1 nitrogen and oxygen atoms in total. The number of carbonyl (C=O) groups is 1. The average Bonchev–Trinajstić information content (AvgIpc) is 2.67. The van der Waals surface area contributed by atoms with E-state index in [-0.39, 0.29) is 5.78 Å². The van der Waals surface area contributed by atoms with Gasteiger partial charge in [0.25, 0.3) is 0 Å². The van der Waals surface area contributed by atoms with E-state index in [1.165, 1.54) is 32.1 Å². The summed E-state index contributed by atoms with van der Waals surface area (Å²) < 4.78 is 1.95. The van der Waals surface area contributed by atoms with E-state index >= 15 is 0 Å². The van der Waals surface area contributed by atoms with Gasteiger partial charge in [-0.15, -0.1) is 11.3 Å². The van der Waals surface area contributed by atoms with E-state index in [0.717, 1.165) is 13.1 Å². The first-order chi connectivity index (χ1) is 8.16. The van der Waals surface area contributed by atoms with Crippen molar-refractivity contribution in [1.82, 2.24) is 0 Å². The summed E-state index contributed by atoms with van der Waals surface area (Å²) in [6.07, 6.45) is 6.60. The summed E-state index contributed by atoms with van der Waals surface area (Å²) in [5, 5.41) is 0.702. The SMILES string of the molecule is O=C(CSC1CCCCC1)c1cc(Br)sc1Br. The highest BCUT2D eigenvalue weighted by Crippen LogP contribution is 2.34. The molecule has 1 aliphatic carbocycles. The Morgan fingerprint density at radius 2 is 2.06 bits per heavy atom. The molecule has 1 saturated carbocycles. The lowest BCUT2D eigenvalue weighted by Crippen LogP contribution is -2.12. The first kappa shape index (κ1) is 14.1. The zero-order valence-electron chi connectivity index (χ0n) is 9.38. The lowest BCUT2D eigenvalue weighted by molar-refractivity contribution is 0.102.